The van der Waals surface area contributed by atoms with E-state index in [9.17, 15) is 13.2 Å². The lowest BCUT2D eigenvalue weighted by Crippen LogP contribution is -2.24. The molecule has 140 valence electrons. The summed E-state index contributed by atoms with van der Waals surface area (Å²) in [4.78, 5) is 4.17. The number of ether oxygens (including phenoxy) is 1. The van der Waals surface area contributed by atoms with Crippen molar-refractivity contribution in [3.63, 3.8) is 0 Å². The van der Waals surface area contributed by atoms with Crippen LogP contribution >= 0.6 is 0 Å². The van der Waals surface area contributed by atoms with Gasteiger partial charge in [-0.1, -0.05) is 57.2 Å². The minimum atomic E-state index is -4.78. The lowest BCUT2D eigenvalue weighted by atomic mass is 9.87. The second kappa shape index (κ2) is 7.68. The zero-order chi connectivity index (χ0) is 19.4. The maximum absolute atomic E-state index is 12.4. The molecule has 7 heteroatoms. The summed E-state index contributed by atoms with van der Waals surface area (Å²) in [5.74, 6) is -0.365. The highest BCUT2D eigenvalue weighted by atomic mass is 19.4. The number of rotatable bonds is 4. The van der Waals surface area contributed by atoms with E-state index in [0.29, 0.717) is 6.54 Å². The summed E-state index contributed by atoms with van der Waals surface area (Å²) in [5, 5.41) is 2.64. The Morgan fingerprint density at radius 3 is 2.23 bits per heavy atom. The number of aliphatic imine (C=N–C) groups is 1. The summed E-state index contributed by atoms with van der Waals surface area (Å²) in [6.45, 7) is 6.69. The average molecular weight is 365 g/mol. The second-order valence-corrected chi connectivity index (χ2v) is 6.82. The van der Waals surface area contributed by atoms with E-state index in [1.165, 1.54) is 23.8 Å². The van der Waals surface area contributed by atoms with Crippen molar-refractivity contribution in [1.82, 2.24) is 0 Å². The molecule has 0 aliphatic rings. The van der Waals surface area contributed by atoms with Crippen LogP contribution in [0.25, 0.3) is 0 Å². The van der Waals surface area contributed by atoms with Gasteiger partial charge in [0.05, 0.1) is 12.2 Å². The molecule has 0 aliphatic carbocycles. The van der Waals surface area contributed by atoms with Gasteiger partial charge in [-0.25, -0.2) is 4.99 Å². The van der Waals surface area contributed by atoms with E-state index < -0.39 is 6.36 Å². The van der Waals surface area contributed by atoms with Crippen LogP contribution in [0.1, 0.15) is 31.9 Å². The molecule has 0 bridgehead atoms. The largest absolute Gasteiger partial charge is 0.573 e. The van der Waals surface area contributed by atoms with Crippen LogP contribution in [0.15, 0.2) is 53.5 Å². The van der Waals surface area contributed by atoms with Gasteiger partial charge in [0.15, 0.2) is 11.7 Å². The van der Waals surface area contributed by atoms with Crippen molar-refractivity contribution in [3.05, 3.63) is 59.7 Å². The Bertz CT molecular complexity index is 763. The van der Waals surface area contributed by atoms with Gasteiger partial charge in [0.25, 0.3) is 0 Å². The van der Waals surface area contributed by atoms with Crippen molar-refractivity contribution in [3.8, 4) is 5.75 Å². The van der Waals surface area contributed by atoms with Crippen LogP contribution < -0.4 is 15.8 Å². The van der Waals surface area contributed by atoms with Gasteiger partial charge in [-0.05, 0) is 28.7 Å². The second-order valence-electron chi connectivity index (χ2n) is 6.82. The monoisotopic (exact) mass is 365 g/mol. The Kier molecular flexibility index (Phi) is 5.79. The third-order valence-corrected chi connectivity index (χ3v) is 3.63. The minimum absolute atomic E-state index is 0.00289. The molecular weight excluding hydrogens is 343 g/mol. The fourth-order valence-electron chi connectivity index (χ4n) is 2.25. The van der Waals surface area contributed by atoms with Crippen LogP contribution in [-0.2, 0) is 12.0 Å². The third kappa shape index (κ3) is 5.98. The predicted octanol–water partition coefficient (Wildman–Crippen LogP) is 4.81. The normalized spacial score (nSPS) is 12.8. The topological polar surface area (TPSA) is 59.6 Å². The molecule has 0 unspecified atom stereocenters. The number of guanidine groups is 1. The van der Waals surface area contributed by atoms with Crippen molar-refractivity contribution in [1.29, 1.82) is 0 Å². The van der Waals surface area contributed by atoms with Crippen LogP contribution in [0.5, 0.6) is 5.75 Å². The minimum Gasteiger partial charge on any atom is -0.404 e. The maximum atomic E-state index is 12.4. The Balaban J connectivity index is 2.05. The lowest BCUT2D eigenvalue weighted by molar-refractivity contribution is -0.274. The van der Waals surface area contributed by atoms with E-state index in [-0.39, 0.29) is 22.8 Å². The molecule has 0 saturated carbocycles. The number of alkyl halides is 3. The molecule has 0 aliphatic heterocycles. The average Bonchev–Trinajstić information content (AvgIpc) is 2.53. The van der Waals surface area contributed by atoms with Crippen molar-refractivity contribution in [2.24, 2.45) is 10.7 Å². The summed E-state index contributed by atoms with van der Waals surface area (Å²) in [5.41, 5.74) is 8.09. The number of hydrogen-bond acceptors (Lipinski definition) is 2. The molecule has 0 atom stereocenters. The van der Waals surface area contributed by atoms with Gasteiger partial charge in [0.2, 0.25) is 0 Å². The molecule has 0 amide bonds. The molecule has 0 fully saturated rings. The Labute approximate surface area is 150 Å². The van der Waals surface area contributed by atoms with Crippen molar-refractivity contribution in [2.75, 3.05) is 5.32 Å². The fourth-order valence-corrected chi connectivity index (χ4v) is 2.25. The highest BCUT2D eigenvalue weighted by molar-refractivity contribution is 5.93. The van der Waals surface area contributed by atoms with Crippen molar-refractivity contribution in [2.45, 2.75) is 39.1 Å². The summed E-state index contributed by atoms with van der Waals surface area (Å²) in [6, 6.07) is 13.6. The summed E-state index contributed by atoms with van der Waals surface area (Å²) in [6.07, 6.45) is -4.78. The number of para-hydroxylation sites is 2. The number of anilines is 1. The first-order valence-electron chi connectivity index (χ1n) is 8.06. The molecule has 0 aromatic heterocycles. The van der Waals surface area contributed by atoms with Gasteiger partial charge in [0.1, 0.15) is 0 Å². The quantitative estimate of drug-likeness (QED) is 0.604. The molecule has 0 radical (unpaired) electrons. The molecule has 2 aromatic rings. The van der Waals surface area contributed by atoms with Crippen molar-refractivity contribution >= 4 is 11.6 Å². The van der Waals surface area contributed by atoms with E-state index in [0.717, 1.165) is 5.56 Å². The number of benzene rings is 2. The van der Waals surface area contributed by atoms with Crippen LogP contribution in [0.4, 0.5) is 18.9 Å². The Hall–Kier alpha value is -2.70. The molecule has 4 nitrogen and oxygen atoms in total. The number of halogens is 3. The molecule has 0 heterocycles. The zero-order valence-electron chi connectivity index (χ0n) is 14.9. The van der Waals surface area contributed by atoms with E-state index in [2.05, 4.69) is 35.8 Å². The van der Waals surface area contributed by atoms with Gasteiger partial charge in [-0.2, -0.15) is 0 Å². The standard InChI is InChI=1S/C19H22F3N3O/c1-18(2,3)14-10-8-13(9-11-14)12-24-17(23)25-15-6-4-5-7-16(15)26-19(20,21)22/h4-11H,12H2,1-3H3,(H3,23,24,25). The first-order valence-corrected chi connectivity index (χ1v) is 8.06. The summed E-state index contributed by atoms with van der Waals surface area (Å²) < 4.78 is 41.3. The number of nitrogens with zero attached hydrogens (tertiary/aromatic N) is 1. The summed E-state index contributed by atoms with van der Waals surface area (Å²) >= 11 is 0. The number of hydrogen-bond donors (Lipinski definition) is 2. The third-order valence-electron chi connectivity index (χ3n) is 3.63. The van der Waals surface area contributed by atoms with E-state index >= 15 is 0 Å². The SMILES string of the molecule is CC(C)(C)c1ccc(CN=C(N)Nc2ccccc2OC(F)(F)F)cc1. The Morgan fingerprint density at radius 1 is 1.04 bits per heavy atom. The predicted molar refractivity (Wildman–Crippen MR) is 97.2 cm³/mol. The first-order chi connectivity index (χ1) is 12.0. The number of nitrogens with two attached hydrogens (primary N) is 1. The summed E-state index contributed by atoms with van der Waals surface area (Å²) in [7, 11) is 0. The molecule has 0 spiro atoms. The molecule has 2 aromatic carbocycles. The van der Waals surface area contributed by atoms with Crippen LogP contribution in [0.3, 0.4) is 0 Å². The van der Waals surface area contributed by atoms with E-state index in [1.54, 1.807) is 6.07 Å². The van der Waals surface area contributed by atoms with Crippen LogP contribution in [0.2, 0.25) is 0 Å². The van der Waals surface area contributed by atoms with E-state index in [4.69, 9.17) is 5.73 Å². The lowest BCUT2D eigenvalue weighted by Gasteiger charge is -2.19. The van der Waals surface area contributed by atoms with Gasteiger partial charge in [-0.15, -0.1) is 13.2 Å². The molecular formula is C19H22F3N3O. The zero-order valence-corrected chi connectivity index (χ0v) is 14.9. The molecule has 2 rings (SSSR count). The fraction of sp³-hybridized carbons (Fsp3) is 0.316. The van der Waals surface area contributed by atoms with Gasteiger partial charge < -0.3 is 15.8 Å². The van der Waals surface area contributed by atoms with E-state index in [1.807, 2.05) is 24.3 Å². The highest BCUT2D eigenvalue weighted by Gasteiger charge is 2.32. The molecule has 0 saturated heterocycles. The van der Waals surface area contributed by atoms with Gasteiger partial charge in [0, 0.05) is 0 Å². The smallest absolute Gasteiger partial charge is 0.404 e. The van der Waals surface area contributed by atoms with Crippen LogP contribution in [0, 0.1) is 0 Å². The van der Waals surface area contributed by atoms with Gasteiger partial charge >= 0.3 is 6.36 Å². The van der Waals surface area contributed by atoms with Crippen molar-refractivity contribution < 1.29 is 17.9 Å². The Morgan fingerprint density at radius 2 is 1.65 bits per heavy atom. The van der Waals surface area contributed by atoms with Gasteiger partial charge in [-0.3, -0.25) is 0 Å². The first kappa shape index (κ1) is 19.6. The molecule has 26 heavy (non-hydrogen) atoms. The number of nitrogens with one attached hydrogen (secondary N) is 1. The molecule has 3 N–H and O–H groups in total. The highest BCUT2D eigenvalue weighted by Crippen LogP contribution is 2.29. The maximum Gasteiger partial charge on any atom is 0.573 e. The van der Waals surface area contributed by atoms with Crippen LogP contribution in [-0.4, -0.2) is 12.3 Å².